The minimum absolute atomic E-state index is 0.125. The third-order valence-electron chi connectivity index (χ3n) is 6.82. The minimum atomic E-state index is -1.49. The van der Waals surface area contributed by atoms with Crippen LogP contribution in [0.15, 0.2) is 28.7 Å². The number of ether oxygens (including phenoxy) is 1. The van der Waals surface area contributed by atoms with E-state index >= 15 is 0 Å². The highest BCUT2D eigenvalue weighted by atomic mass is 19.3. The van der Waals surface area contributed by atoms with E-state index < -0.39 is 6.08 Å². The summed E-state index contributed by atoms with van der Waals surface area (Å²) in [5.74, 6) is 0. The molecule has 2 unspecified atom stereocenters. The molecule has 4 heterocycles. The molecule has 0 N–H and O–H groups in total. The van der Waals surface area contributed by atoms with Crippen molar-refractivity contribution in [3.63, 3.8) is 0 Å². The fourth-order valence-corrected chi connectivity index (χ4v) is 5.38. The van der Waals surface area contributed by atoms with E-state index in [4.69, 9.17) is 4.74 Å². The van der Waals surface area contributed by atoms with E-state index in [1.165, 1.54) is 0 Å². The average molecular weight is 446 g/mol. The van der Waals surface area contributed by atoms with Gasteiger partial charge in [-0.25, -0.2) is 4.39 Å². The maximum Gasteiger partial charge on any atom is 0.270 e. The Labute approximate surface area is 184 Å². The van der Waals surface area contributed by atoms with Gasteiger partial charge in [0.2, 0.25) is 0 Å². The van der Waals surface area contributed by atoms with Crippen LogP contribution in [-0.4, -0.2) is 66.3 Å². The monoisotopic (exact) mass is 445 g/mol. The van der Waals surface area contributed by atoms with E-state index in [1.54, 1.807) is 0 Å². The van der Waals surface area contributed by atoms with Crippen molar-refractivity contribution in [3.8, 4) is 0 Å². The van der Waals surface area contributed by atoms with Crippen molar-refractivity contribution in [2.75, 3.05) is 39.3 Å². The molecule has 31 heavy (non-hydrogen) atoms. The number of halogens is 3. The van der Waals surface area contributed by atoms with Crippen LogP contribution in [0.3, 0.4) is 0 Å². The van der Waals surface area contributed by atoms with Crippen molar-refractivity contribution >= 4 is 0 Å². The number of fused-ring (bicyclic) bond motifs is 2. The fourth-order valence-electron chi connectivity index (χ4n) is 5.38. The van der Waals surface area contributed by atoms with Gasteiger partial charge in [0.05, 0.1) is 25.6 Å². The Morgan fingerprint density at radius 2 is 1.71 bits per heavy atom. The summed E-state index contributed by atoms with van der Waals surface area (Å²) in [4.78, 5) is 14.7. The molecule has 4 aliphatic rings. The van der Waals surface area contributed by atoms with Gasteiger partial charge < -0.3 is 4.74 Å². The number of rotatable bonds is 5. The van der Waals surface area contributed by atoms with Crippen molar-refractivity contribution in [2.24, 2.45) is 5.18 Å². The van der Waals surface area contributed by atoms with Gasteiger partial charge in [0.15, 0.2) is 0 Å². The van der Waals surface area contributed by atoms with Crippen LogP contribution < -0.4 is 0 Å². The van der Waals surface area contributed by atoms with Crippen LogP contribution >= 0.6 is 0 Å². The standard InChI is InChI=1S/C12H19F2NO.C9H13FN2O.C2H6/c1-9(2)16-8-12-4-3-5-15(12)7-10(6-12)11(13)14;10-5-8-4-9(7-11-13)2-1-3-12(9)6-8;1-2/h9H,3-8H2,1-2H3;5H,1-4,6-7H2;1-2H3/b;8-5+;. The molecule has 4 aliphatic heterocycles. The Morgan fingerprint density at radius 1 is 1.10 bits per heavy atom. The van der Waals surface area contributed by atoms with Crippen LogP contribution in [0.5, 0.6) is 0 Å². The van der Waals surface area contributed by atoms with Gasteiger partial charge in [-0.2, -0.15) is 13.7 Å². The van der Waals surface area contributed by atoms with Gasteiger partial charge in [0.25, 0.3) is 6.08 Å². The zero-order chi connectivity index (χ0) is 23.1. The number of nitrogens with zero attached hydrogens (tertiary/aromatic N) is 3. The zero-order valence-electron chi connectivity index (χ0n) is 19.4. The van der Waals surface area contributed by atoms with Crippen LogP contribution in [0.4, 0.5) is 13.2 Å². The highest BCUT2D eigenvalue weighted by molar-refractivity contribution is 5.21. The quantitative estimate of drug-likeness (QED) is 0.512. The number of hydrogen-bond donors (Lipinski definition) is 0. The molecule has 4 rings (SSSR count). The van der Waals surface area contributed by atoms with Gasteiger partial charge in [0, 0.05) is 29.7 Å². The summed E-state index contributed by atoms with van der Waals surface area (Å²) in [6.45, 7) is 11.9. The molecule has 4 fully saturated rings. The summed E-state index contributed by atoms with van der Waals surface area (Å²) in [7, 11) is 0. The first kappa shape index (κ1) is 26.0. The second kappa shape index (κ2) is 11.6. The van der Waals surface area contributed by atoms with E-state index in [9.17, 15) is 18.1 Å². The molecule has 5 nitrogen and oxygen atoms in total. The lowest BCUT2D eigenvalue weighted by atomic mass is 9.93. The Kier molecular flexibility index (Phi) is 9.70. The third-order valence-corrected chi connectivity index (χ3v) is 6.82. The molecule has 0 aliphatic carbocycles. The van der Waals surface area contributed by atoms with Crippen molar-refractivity contribution in [3.05, 3.63) is 28.5 Å². The van der Waals surface area contributed by atoms with Gasteiger partial charge in [-0.1, -0.05) is 19.0 Å². The molecule has 8 heteroatoms. The number of nitroso groups, excluding NO2 is 1. The van der Waals surface area contributed by atoms with E-state index in [2.05, 4.69) is 15.0 Å². The normalized spacial score (nSPS) is 31.2. The largest absolute Gasteiger partial charge is 0.377 e. The minimum Gasteiger partial charge on any atom is -0.377 e. The highest BCUT2D eigenvalue weighted by Gasteiger charge is 2.48. The molecule has 0 aromatic carbocycles. The van der Waals surface area contributed by atoms with Crippen LogP contribution in [0.25, 0.3) is 0 Å². The predicted octanol–water partition coefficient (Wildman–Crippen LogP) is 5.67. The molecule has 0 aromatic heterocycles. The molecule has 0 radical (unpaired) electrons. The summed E-state index contributed by atoms with van der Waals surface area (Å²) in [6, 6.07) is 0. The summed E-state index contributed by atoms with van der Waals surface area (Å²) in [6.07, 6.45) is 4.71. The van der Waals surface area contributed by atoms with Crippen molar-refractivity contribution in [2.45, 2.75) is 83.4 Å². The zero-order valence-corrected chi connectivity index (χ0v) is 19.4. The van der Waals surface area contributed by atoms with Crippen LogP contribution in [-0.2, 0) is 4.74 Å². The summed E-state index contributed by atoms with van der Waals surface area (Å²) >= 11 is 0. The van der Waals surface area contributed by atoms with Crippen molar-refractivity contribution in [1.29, 1.82) is 0 Å². The first-order chi connectivity index (χ1) is 14.8. The van der Waals surface area contributed by atoms with Gasteiger partial charge in [-0.3, -0.25) is 9.80 Å². The van der Waals surface area contributed by atoms with Crippen molar-refractivity contribution < 1.29 is 17.9 Å². The van der Waals surface area contributed by atoms with E-state index in [1.807, 2.05) is 27.7 Å². The Morgan fingerprint density at radius 3 is 2.26 bits per heavy atom. The van der Waals surface area contributed by atoms with Crippen LogP contribution in [0.1, 0.15) is 66.2 Å². The smallest absolute Gasteiger partial charge is 0.270 e. The van der Waals surface area contributed by atoms with Gasteiger partial charge in [-0.15, -0.1) is 0 Å². The average Bonchev–Trinajstić information content (AvgIpc) is 3.46. The summed E-state index contributed by atoms with van der Waals surface area (Å²) in [5, 5.41) is 2.98. The molecule has 2 atom stereocenters. The predicted molar refractivity (Wildman–Crippen MR) is 118 cm³/mol. The fraction of sp³-hybridized carbons (Fsp3) is 0.826. The summed E-state index contributed by atoms with van der Waals surface area (Å²) < 4.78 is 43.2. The Bertz CT molecular complexity index is 666. The molecule has 178 valence electrons. The SMILES string of the molecule is CC.CC(C)OCC12CCCN1CC(=C(F)F)C2.O=NCC12CCCN1C/C(=C/F)C2. The molecular formula is C23H38F3N3O2. The molecule has 4 saturated heterocycles. The van der Waals surface area contributed by atoms with E-state index in [-0.39, 0.29) is 17.2 Å². The molecule has 0 bridgehead atoms. The molecule has 0 spiro atoms. The molecule has 0 saturated carbocycles. The first-order valence-electron chi connectivity index (χ1n) is 11.6. The maximum absolute atomic E-state index is 12.6. The molecule has 0 aromatic rings. The lowest BCUT2D eigenvalue weighted by Gasteiger charge is -2.31. The lowest BCUT2D eigenvalue weighted by molar-refractivity contribution is 0.00327. The first-order valence-corrected chi connectivity index (χ1v) is 11.6. The maximum atomic E-state index is 12.6. The third kappa shape index (κ3) is 5.96. The second-order valence-corrected chi connectivity index (χ2v) is 9.13. The van der Waals surface area contributed by atoms with Crippen LogP contribution in [0.2, 0.25) is 0 Å². The van der Waals surface area contributed by atoms with Crippen LogP contribution in [0, 0.1) is 4.91 Å². The van der Waals surface area contributed by atoms with Gasteiger partial charge in [-0.05, 0) is 71.0 Å². The number of hydrogen-bond acceptors (Lipinski definition) is 5. The lowest BCUT2D eigenvalue weighted by Crippen LogP contribution is -2.43. The van der Waals surface area contributed by atoms with Crippen molar-refractivity contribution in [1.82, 2.24) is 9.80 Å². The second-order valence-electron chi connectivity index (χ2n) is 9.13. The Hall–Kier alpha value is -1.25. The highest BCUT2D eigenvalue weighted by Crippen LogP contribution is 2.43. The van der Waals surface area contributed by atoms with Gasteiger partial charge >= 0.3 is 0 Å². The topological polar surface area (TPSA) is 45.1 Å². The van der Waals surface area contributed by atoms with Gasteiger partial charge in [0.1, 0.15) is 0 Å². The molecular weight excluding hydrogens is 407 g/mol. The summed E-state index contributed by atoms with van der Waals surface area (Å²) in [5.41, 5.74) is 0.860. The van der Waals surface area contributed by atoms with E-state index in [0.717, 1.165) is 44.3 Å². The van der Waals surface area contributed by atoms with E-state index in [0.29, 0.717) is 51.0 Å². The molecule has 0 amide bonds. The Balaban J connectivity index is 0.000000208.